The Balaban J connectivity index is 1.48. The molecule has 150 valence electrons. The van der Waals surface area contributed by atoms with Gasteiger partial charge in [-0.3, -0.25) is 14.8 Å². The molecule has 30 heavy (non-hydrogen) atoms. The van der Waals surface area contributed by atoms with E-state index in [9.17, 15) is 4.79 Å². The van der Waals surface area contributed by atoms with Gasteiger partial charge in [0.05, 0.1) is 24.7 Å². The van der Waals surface area contributed by atoms with Gasteiger partial charge in [-0.2, -0.15) is 0 Å². The molecule has 0 saturated heterocycles. The number of benzene rings is 2. The van der Waals surface area contributed by atoms with Crippen LogP contribution in [0.4, 0.5) is 0 Å². The zero-order chi connectivity index (χ0) is 20.8. The van der Waals surface area contributed by atoms with Crippen molar-refractivity contribution in [2.45, 2.75) is 39.4 Å². The number of carbonyl (C=O) groups excluding carboxylic acids is 1. The van der Waals surface area contributed by atoms with Gasteiger partial charge >= 0.3 is 0 Å². The normalized spacial score (nSPS) is 16.2. The Kier molecular flexibility index (Phi) is 4.67. The van der Waals surface area contributed by atoms with Crippen molar-refractivity contribution in [1.82, 2.24) is 9.88 Å². The second-order valence-corrected chi connectivity index (χ2v) is 8.49. The van der Waals surface area contributed by atoms with E-state index >= 15 is 0 Å². The number of carbonyl (C=O) groups is 1. The zero-order valence-electron chi connectivity index (χ0n) is 17.0. The molecule has 5 heteroatoms. The van der Waals surface area contributed by atoms with E-state index in [1.165, 1.54) is 16.7 Å². The van der Waals surface area contributed by atoms with Crippen LogP contribution in [0.3, 0.4) is 0 Å². The van der Waals surface area contributed by atoms with Gasteiger partial charge in [-0.25, -0.2) is 0 Å². The van der Waals surface area contributed by atoms with Crippen molar-refractivity contribution in [3.8, 4) is 0 Å². The Hall–Kier alpha value is -2.98. The van der Waals surface area contributed by atoms with Gasteiger partial charge in [-0.15, -0.1) is 0 Å². The lowest BCUT2D eigenvalue weighted by atomic mass is 9.90. The molecule has 0 unspecified atom stereocenters. The second-order valence-electron chi connectivity index (χ2n) is 8.05. The number of amides is 1. The second kappa shape index (κ2) is 7.37. The van der Waals surface area contributed by atoms with Gasteiger partial charge in [0.25, 0.3) is 0 Å². The first-order valence-electron chi connectivity index (χ1n) is 10.2. The molecule has 0 radical (unpaired) electrons. The standard InChI is InChI=1S/C25H22ClN3O/c1-15-9-18(7-8-27-15)25-23-11-21-14-29(16(2)17-3-5-22(26)6-4-17)24(30)12-19(21)10-20(23)13-28-25/h3-11,16H,12-14H2,1-2H3/t16-/m1/s1. The van der Waals surface area contributed by atoms with E-state index in [0.29, 0.717) is 24.5 Å². The van der Waals surface area contributed by atoms with Crippen LogP contribution in [0, 0.1) is 6.92 Å². The summed E-state index contributed by atoms with van der Waals surface area (Å²) < 4.78 is 0. The monoisotopic (exact) mass is 415 g/mol. The first-order valence-corrected chi connectivity index (χ1v) is 10.5. The summed E-state index contributed by atoms with van der Waals surface area (Å²) in [5.41, 5.74) is 8.89. The van der Waals surface area contributed by atoms with Crippen molar-refractivity contribution in [3.63, 3.8) is 0 Å². The molecule has 0 fully saturated rings. The maximum atomic E-state index is 12.9. The highest BCUT2D eigenvalue weighted by Gasteiger charge is 2.30. The SMILES string of the molecule is Cc1cc(C2=NCc3cc4c(cc32)CN([C@H](C)c2ccc(Cl)cc2)C(=O)C4)ccn1. The van der Waals surface area contributed by atoms with Gasteiger partial charge in [0.15, 0.2) is 0 Å². The van der Waals surface area contributed by atoms with E-state index in [1.807, 2.05) is 48.4 Å². The number of rotatable bonds is 3. The van der Waals surface area contributed by atoms with Gasteiger partial charge in [0.2, 0.25) is 5.91 Å². The number of aromatic nitrogens is 1. The van der Waals surface area contributed by atoms with E-state index in [4.69, 9.17) is 16.6 Å². The van der Waals surface area contributed by atoms with Crippen LogP contribution in [0.15, 0.2) is 59.7 Å². The first-order chi connectivity index (χ1) is 14.5. The van der Waals surface area contributed by atoms with Gasteiger partial charge < -0.3 is 4.90 Å². The molecule has 2 aliphatic rings. The Morgan fingerprint density at radius 1 is 1.03 bits per heavy atom. The summed E-state index contributed by atoms with van der Waals surface area (Å²) in [5, 5.41) is 0.704. The minimum Gasteiger partial charge on any atom is -0.331 e. The maximum Gasteiger partial charge on any atom is 0.227 e. The van der Waals surface area contributed by atoms with Gasteiger partial charge in [0, 0.05) is 34.6 Å². The Morgan fingerprint density at radius 2 is 1.83 bits per heavy atom. The third-order valence-electron chi connectivity index (χ3n) is 6.08. The molecule has 1 amide bonds. The molecule has 1 aromatic heterocycles. The summed E-state index contributed by atoms with van der Waals surface area (Å²) in [5.74, 6) is 0.161. The third kappa shape index (κ3) is 3.31. The Labute approximate surface area is 181 Å². The van der Waals surface area contributed by atoms with Crippen molar-refractivity contribution in [2.24, 2.45) is 4.99 Å². The number of halogens is 1. The lowest BCUT2D eigenvalue weighted by Gasteiger charge is -2.34. The largest absolute Gasteiger partial charge is 0.331 e. The van der Waals surface area contributed by atoms with Crippen molar-refractivity contribution in [1.29, 1.82) is 0 Å². The highest BCUT2D eigenvalue weighted by atomic mass is 35.5. The molecule has 0 bridgehead atoms. The lowest BCUT2D eigenvalue weighted by Crippen LogP contribution is -2.38. The van der Waals surface area contributed by atoms with Crippen LogP contribution in [0.1, 0.15) is 52.0 Å². The number of pyridine rings is 1. The molecular weight excluding hydrogens is 394 g/mol. The summed E-state index contributed by atoms with van der Waals surface area (Å²) in [6.45, 7) is 5.34. The Bertz CT molecular complexity index is 1180. The number of hydrogen-bond donors (Lipinski definition) is 0. The average molecular weight is 416 g/mol. The quantitative estimate of drug-likeness (QED) is 0.601. The highest BCUT2D eigenvalue weighted by molar-refractivity contribution is 6.30. The third-order valence-corrected chi connectivity index (χ3v) is 6.33. The zero-order valence-corrected chi connectivity index (χ0v) is 17.8. The maximum absolute atomic E-state index is 12.9. The van der Waals surface area contributed by atoms with Crippen LogP contribution in [-0.2, 0) is 24.3 Å². The van der Waals surface area contributed by atoms with E-state index < -0.39 is 0 Å². The smallest absolute Gasteiger partial charge is 0.227 e. The number of aliphatic imine (C=N–C) groups is 1. The topological polar surface area (TPSA) is 45.6 Å². The molecule has 3 heterocycles. The fourth-order valence-corrected chi connectivity index (χ4v) is 4.53. The van der Waals surface area contributed by atoms with Crippen LogP contribution in [0.25, 0.3) is 0 Å². The fraction of sp³-hybridized carbons (Fsp3) is 0.240. The van der Waals surface area contributed by atoms with Gasteiger partial charge in [-0.1, -0.05) is 29.8 Å². The predicted molar refractivity (Wildman–Crippen MR) is 119 cm³/mol. The summed E-state index contributed by atoms with van der Waals surface area (Å²) in [6, 6.07) is 16.2. The molecule has 2 aromatic carbocycles. The molecule has 4 nitrogen and oxygen atoms in total. The molecule has 0 spiro atoms. The number of aryl methyl sites for hydroxylation is 1. The number of hydrogen-bond acceptors (Lipinski definition) is 3. The van der Waals surface area contributed by atoms with E-state index in [-0.39, 0.29) is 11.9 Å². The van der Waals surface area contributed by atoms with Crippen molar-refractivity contribution in [3.05, 3.63) is 98.8 Å². The summed E-state index contributed by atoms with van der Waals surface area (Å²) in [6.07, 6.45) is 2.27. The van der Waals surface area contributed by atoms with Crippen LogP contribution < -0.4 is 0 Å². The molecule has 1 atom stereocenters. The van der Waals surface area contributed by atoms with Crippen molar-refractivity contribution >= 4 is 23.2 Å². The Morgan fingerprint density at radius 3 is 2.60 bits per heavy atom. The lowest BCUT2D eigenvalue weighted by molar-refractivity contribution is -0.134. The van der Waals surface area contributed by atoms with E-state index in [2.05, 4.69) is 30.1 Å². The molecule has 0 saturated carbocycles. The predicted octanol–water partition coefficient (Wildman–Crippen LogP) is 5.04. The molecule has 3 aromatic rings. The summed E-state index contributed by atoms with van der Waals surface area (Å²) in [7, 11) is 0. The van der Waals surface area contributed by atoms with Crippen LogP contribution in [-0.4, -0.2) is 21.5 Å². The molecule has 0 N–H and O–H groups in total. The summed E-state index contributed by atoms with van der Waals surface area (Å²) in [4.78, 5) is 24.0. The van der Waals surface area contributed by atoms with E-state index in [1.54, 1.807) is 0 Å². The number of nitrogens with zero attached hydrogens (tertiary/aromatic N) is 3. The van der Waals surface area contributed by atoms with Gasteiger partial charge in [-0.05, 0) is 66.4 Å². The molecule has 5 rings (SSSR count). The van der Waals surface area contributed by atoms with Gasteiger partial charge in [0.1, 0.15) is 0 Å². The highest BCUT2D eigenvalue weighted by Crippen LogP contribution is 2.33. The van der Waals surface area contributed by atoms with Crippen molar-refractivity contribution < 1.29 is 4.79 Å². The van der Waals surface area contributed by atoms with Crippen molar-refractivity contribution in [2.75, 3.05) is 0 Å². The van der Waals surface area contributed by atoms with Crippen LogP contribution in [0.2, 0.25) is 5.02 Å². The minimum absolute atomic E-state index is 0.00726. The summed E-state index contributed by atoms with van der Waals surface area (Å²) >= 11 is 6.03. The molecule has 2 aliphatic heterocycles. The number of fused-ring (bicyclic) bond motifs is 2. The first kappa shape index (κ1) is 19.0. The van der Waals surface area contributed by atoms with Crippen LogP contribution in [0.5, 0.6) is 0 Å². The minimum atomic E-state index is -0.00726. The average Bonchev–Trinajstić information content (AvgIpc) is 3.14. The fourth-order valence-electron chi connectivity index (χ4n) is 4.40. The van der Waals surface area contributed by atoms with Crippen LogP contribution >= 0.6 is 11.6 Å². The molecular formula is C25H22ClN3O. The van der Waals surface area contributed by atoms with E-state index in [0.717, 1.165) is 28.1 Å². The molecule has 0 aliphatic carbocycles.